The van der Waals surface area contributed by atoms with Gasteiger partial charge in [-0.05, 0) is 56.9 Å². The molecule has 2 aliphatic heterocycles. The zero-order chi connectivity index (χ0) is 14.1. The molecule has 116 valence electrons. The van der Waals surface area contributed by atoms with Gasteiger partial charge in [0, 0.05) is 25.7 Å². The van der Waals surface area contributed by atoms with Crippen LogP contribution in [0, 0.1) is 17.8 Å². The van der Waals surface area contributed by atoms with Crippen LogP contribution < -0.4 is 5.32 Å². The summed E-state index contributed by atoms with van der Waals surface area (Å²) < 4.78 is 5.97. The molecule has 0 amide bonds. The Labute approximate surface area is 124 Å². The molecule has 0 spiro atoms. The molecule has 3 fully saturated rings. The molecule has 3 nitrogen and oxygen atoms in total. The molecule has 2 saturated heterocycles. The van der Waals surface area contributed by atoms with Gasteiger partial charge >= 0.3 is 0 Å². The van der Waals surface area contributed by atoms with Gasteiger partial charge in [-0.2, -0.15) is 0 Å². The van der Waals surface area contributed by atoms with Crippen molar-refractivity contribution in [1.29, 1.82) is 0 Å². The van der Waals surface area contributed by atoms with E-state index < -0.39 is 0 Å². The topological polar surface area (TPSA) is 24.5 Å². The number of morpholine rings is 1. The maximum Gasteiger partial charge on any atom is 0.0707 e. The first-order valence-electron chi connectivity index (χ1n) is 8.70. The molecule has 5 unspecified atom stereocenters. The van der Waals surface area contributed by atoms with E-state index in [0.29, 0.717) is 12.2 Å². The molecular weight excluding hydrogens is 248 g/mol. The van der Waals surface area contributed by atoms with Crippen molar-refractivity contribution < 1.29 is 4.74 Å². The molecule has 1 saturated carbocycles. The SMILES string of the molecule is CNC1CCC(C(C)C)CC1CN1CC2CCC(C1)O2. The Hall–Kier alpha value is -0.120. The van der Waals surface area contributed by atoms with Crippen LogP contribution in [0.25, 0.3) is 0 Å². The van der Waals surface area contributed by atoms with E-state index in [0.717, 1.165) is 23.8 Å². The van der Waals surface area contributed by atoms with Gasteiger partial charge in [-0.1, -0.05) is 13.8 Å². The highest BCUT2D eigenvalue weighted by molar-refractivity contribution is 4.90. The van der Waals surface area contributed by atoms with Crippen LogP contribution in [0.4, 0.5) is 0 Å². The molecule has 0 aromatic carbocycles. The van der Waals surface area contributed by atoms with Crippen LogP contribution in [-0.2, 0) is 4.74 Å². The standard InChI is InChI=1S/C17H32N2O/c1-12(2)13-4-7-17(18-3)14(8-13)9-19-10-15-5-6-16(11-19)20-15/h12-18H,4-11H2,1-3H3. The number of ether oxygens (including phenoxy) is 1. The molecule has 2 heterocycles. The smallest absolute Gasteiger partial charge is 0.0707 e. The van der Waals surface area contributed by atoms with Crippen molar-refractivity contribution >= 4 is 0 Å². The van der Waals surface area contributed by atoms with Gasteiger partial charge in [0.25, 0.3) is 0 Å². The van der Waals surface area contributed by atoms with E-state index in [1.807, 2.05) is 0 Å². The van der Waals surface area contributed by atoms with Gasteiger partial charge in [-0.15, -0.1) is 0 Å². The largest absolute Gasteiger partial charge is 0.372 e. The summed E-state index contributed by atoms with van der Waals surface area (Å²) in [5.74, 6) is 2.61. The van der Waals surface area contributed by atoms with E-state index in [9.17, 15) is 0 Å². The first-order chi connectivity index (χ1) is 9.65. The van der Waals surface area contributed by atoms with E-state index in [2.05, 4.69) is 31.1 Å². The lowest BCUT2D eigenvalue weighted by molar-refractivity contribution is -0.0469. The third-order valence-electron chi connectivity index (χ3n) is 5.95. The maximum atomic E-state index is 5.97. The number of hydrogen-bond donors (Lipinski definition) is 1. The Balaban J connectivity index is 1.58. The lowest BCUT2D eigenvalue weighted by atomic mass is 9.73. The van der Waals surface area contributed by atoms with Crippen molar-refractivity contribution in [3.05, 3.63) is 0 Å². The maximum absolute atomic E-state index is 5.97. The van der Waals surface area contributed by atoms with Crippen LogP contribution in [0.15, 0.2) is 0 Å². The van der Waals surface area contributed by atoms with Gasteiger partial charge < -0.3 is 10.1 Å². The number of likely N-dealkylation sites (tertiary alicyclic amines) is 1. The molecule has 0 aromatic rings. The second-order valence-corrected chi connectivity index (χ2v) is 7.65. The van der Waals surface area contributed by atoms with Crippen LogP contribution >= 0.6 is 0 Å². The molecule has 0 aromatic heterocycles. The van der Waals surface area contributed by atoms with Crippen LogP contribution in [-0.4, -0.2) is 49.8 Å². The monoisotopic (exact) mass is 280 g/mol. The average molecular weight is 280 g/mol. The van der Waals surface area contributed by atoms with Crippen molar-refractivity contribution in [2.24, 2.45) is 17.8 Å². The predicted octanol–water partition coefficient (Wildman–Crippen LogP) is 2.51. The van der Waals surface area contributed by atoms with Crippen molar-refractivity contribution in [2.75, 3.05) is 26.7 Å². The first kappa shape index (κ1) is 14.8. The lowest BCUT2D eigenvalue weighted by Gasteiger charge is -2.42. The second-order valence-electron chi connectivity index (χ2n) is 7.65. The summed E-state index contributed by atoms with van der Waals surface area (Å²) in [6, 6.07) is 0.727. The van der Waals surface area contributed by atoms with Crippen molar-refractivity contribution in [1.82, 2.24) is 10.2 Å². The quantitative estimate of drug-likeness (QED) is 0.856. The molecule has 2 bridgehead atoms. The minimum Gasteiger partial charge on any atom is -0.372 e. The summed E-state index contributed by atoms with van der Waals surface area (Å²) in [6.07, 6.45) is 7.83. The molecule has 5 atom stereocenters. The van der Waals surface area contributed by atoms with Crippen molar-refractivity contribution in [2.45, 2.75) is 64.2 Å². The molecule has 3 heteroatoms. The Morgan fingerprint density at radius 3 is 2.40 bits per heavy atom. The van der Waals surface area contributed by atoms with Gasteiger partial charge in [0.2, 0.25) is 0 Å². The zero-order valence-corrected chi connectivity index (χ0v) is 13.5. The zero-order valence-electron chi connectivity index (χ0n) is 13.5. The Bertz CT molecular complexity index is 308. The summed E-state index contributed by atoms with van der Waals surface area (Å²) in [5.41, 5.74) is 0. The average Bonchev–Trinajstić information content (AvgIpc) is 2.78. The normalized spacial score (nSPS) is 42.3. The van der Waals surface area contributed by atoms with Gasteiger partial charge in [0.15, 0.2) is 0 Å². The van der Waals surface area contributed by atoms with Crippen LogP contribution in [0.2, 0.25) is 0 Å². The van der Waals surface area contributed by atoms with Gasteiger partial charge in [0.05, 0.1) is 12.2 Å². The fraction of sp³-hybridized carbons (Fsp3) is 1.00. The molecule has 3 aliphatic rings. The van der Waals surface area contributed by atoms with Crippen molar-refractivity contribution in [3.63, 3.8) is 0 Å². The minimum absolute atomic E-state index is 0.534. The van der Waals surface area contributed by atoms with E-state index in [1.54, 1.807) is 0 Å². The number of fused-ring (bicyclic) bond motifs is 2. The minimum atomic E-state index is 0.534. The third kappa shape index (κ3) is 3.20. The van der Waals surface area contributed by atoms with Gasteiger partial charge in [-0.3, -0.25) is 4.90 Å². The number of nitrogens with zero attached hydrogens (tertiary/aromatic N) is 1. The number of hydrogen-bond acceptors (Lipinski definition) is 3. The summed E-state index contributed by atoms with van der Waals surface area (Å²) in [5, 5.41) is 3.58. The Morgan fingerprint density at radius 2 is 1.80 bits per heavy atom. The summed E-state index contributed by atoms with van der Waals surface area (Å²) in [7, 11) is 2.15. The number of nitrogens with one attached hydrogen (secondary N) is 1. The van der Waals surface area contributed by atoms with Crippen LogP contribution in [0.3, 0.4) is 0 Å². The Kier molecular flexibility index (Phi) is 4.68. The van der Waals surface area contributed by atoms with Crippen LogP contribution in [0.5, 0.6) is 0 Å². The van der Waals surface area contributed by atoms with Crippen LogP contribution in [0.1, 0.15) is 46.0 Å². The lowest BCUT2D eigenvalue weighted by Crippen LogP contribution is -2.50. The van der Waals surface area contributed by atoms with E-state index in [1.165, 1.54) is 51.7 Å². The summed E-state index contributed by atoms with van der Waals surface area (Å²) >= 11 is 0. The molecule has 3 rings (SSSR count). The summed E-state index contributed by atoms with van der Waals surface area (Å²) in [4.78, 5) is 2.70. The van der Waals surface area contributed by atoms with Gasteiger partial charge in [-0.25, -0.2) is 0 Å². The van der Waals surface area contributed by atoms with E-state index in [4.69, 9.17) is 4.74 Å². The Morgan fingerprint density at radius 1 is 1.10 bits per heavy atom. The molecule has 20 heavy (non-hydrogen) atoms. The fourth-order valence-electron chi connectivity index (χ4n) is 4.67. The molecule has 1 aliphatic carbocycles. The highest BCUT2D eigenvalue weighted by Gasteiger charge is 2.37. The third-order valence-corrected chi connectivity index (χ3v) is 5.95. The van der Waals surface area contributed by atoms with E-state index in [-0.39, 0.29) is 0 Å². The molecule has 1 N–H and O–H groups in total. The van der Waals surface area contributed by atoms with Crippen molar-refractivity contribution in [3.8, 4) is 0 Å². The highest BCUT2D eigenvalue weighted by atomic mass is 16.5. The predicted molar refractivity (Wildman–Crippen MR) is 82.9 cm³/mol. The second kappa shape index (κ2) is 6.33. The molecule has 0 radical (unpaired) electrons. The first-order valence-corrected chi connectivity index (χ1v) is 8.70. The van der Waals surface area contributed by atoms with E-state index >= 15 is 0 Å². The highest BCUT2D eigenvalue weighted by Crippen LogP contribution is 2.35. The summed E-state index contributed by atoms with van der Waals surface area (Å²) in [6.45, 7) is 8.43. The number of rotatable bonds is 4. The fourth-order valence-corrected chi connectivity index (χ4v) is 4.67. The molecular formula is C17H32N2O. The van der Waals surface area contributed by atoms with Gasteiger partial charge in [0.1, 0.15) is 0 Å².